The molecule has 142 valence electrons. The smallest absolute Gasteiger partial charge is 0.323 e. The molecule has 8 heteroatoms. The molecule has 4 amide bonds. The van der Waals surface area contributed by atoms with Gasteiger partial charge >= 0.3 is 6.03 Å². The van der Waals surface area contributed by atoms with Crippen molar-refractivity contribution < 1.29 is 14.4 Å². The Balaban J connectivity index is 1.79. The van der Waals surface area contributed by atoms with Crippen molar-refractivity contribution >= 4 is 40.8 Å². The van der Waals surface area contributed by atoms with Gasteiger partial charge in [0, 0.05) is 41.5 Å². The largest absolute Gasteiger partial charge is 0.354 e. The van der Waals surface area contributed by atoms with Crippen LogP contribution in [0.2, 0.25) is 5.02 Å². The highest BCUT2D eigenvalue weighted by molar-refractivity contribution is 6.30. The van der Waals surface area contributed by atoms with Gasteiger partial charge in [0.25, 0.3) is 5.91 Å². The zero-order chi connectivity index (χ0) is 19.6. The number of halogens is 1. The molecular formula is C19H21ClN4O3. The van der Waals surface area contributed by atoms with Gasteiger partial charge in [0.15, 0.2) is 0 Å². The standard InChI is InChI=1S/C19H21ClN4O3/c1-2-17(25)21-11-12-22-18(26)13-3-7-15(8-4-13)23-19(27)24-16-9-5-14(20)6-10-16/h3-10H,2,11-12H2,1H3,(H,21,25)(H,22,26)(H2,23,24,27). The molecule has 0 heterocycles. The van der Waals surface area contributed by atoms with Crippen molar-refractivity contribution in [2.45, 2.75) is 13.3 Å². The third-order valence-corrected chi connectivity index (χ3v) is 3.81. The van der Waals surface area contributed by atoms with E-state index in [-0.39, 0.29) is 11.8 Å². The number of benzene rings is 2. The molecule has 4 N–H and O–H groups in total. The highest BCUT2D eigenvalue weighted by Gasteiger charge is 2.07. The van der Waals surface area contributed by atoms with Crippen molar-refractivity contribution in [2.24, 2.45) is 0 Å². The molecule has 0 atom stereocenters. The van der Waals surface area contributed by atoms with Crippen LogP contribution < -0.4 is 21.3 Å². The number of anilines is 2. The van der Waals surface area contributed by atoms with E-state index in [4.69, 9.17) is 11.6 Å². The molecule has 0 fully saturated rings. The molecule has 0 bridgehead atoms. The fraction of sp³-hybridized carbons (Fsp3) is 0.211. The van der Waals surface area contributed by atoms with E-state index in [2.05, 4.69) is 21.3 Å². The van der Waals surface area contributed by atoms with Crippen molar-refractivity contribution in [2.75, 3.05) is 23.7 Å². The Morgan fingerprint density at radius 1 is 0.815 bits per heavy atom. The van der Waals surface area contributed by atoms with Gasteiger partial charge in [-0.25, -0.2) is 4.79 Å². The third kappa shape index (κ3) is 6.99. The SMILES string of the molecule is CCC(=O)NCCNC(=O)c1ccc(NC(=O)Nc2ccc(Cl)cc2)cc1. The Morgan fingerprint density at radius 3 is 1.89 bits per heavy atom. The molecule has 0 aliphatic rings. The molecule has 0 saturated carbocycles. The third-order valence-electron chi connectivity index (χ3n) is 3.56. The van der Waals surface area contributed by atoms with Crippen LogP contribution in [-0.2, 0) is 4.79 Å². The first-order chi connectivity index (χ1) is 13.0. The molecule has 7 nitrogen and oxygen atoms in total. The van der Waals surface area contributed by atoms with Gasteiger partial charge in [-0.2, -0.15) is 0 Å². The zero-order valence-electron chi connectivity index (χ0n) is 14.8. The lowest BCUT2D eigenvalue weighted by atomic mass is 10.2. The second-order valence-corrected chi connectivity index (χ2v) is 6.06. The minimum absolute atomic E-state index is 0.0587. The number of hydrogen-bond acceptors (Lipinski definition) is 3. The first kappa shape index (κ1) is 20.3. The summed E-state index contributed by atoms with van der Waals surface area (Å²) < 4.78 is 0. The molecule has 0 aliphatic heterocycles. The van der Waals surface area contributed by atoms with Crippen molar-refractivity contribution in [1.29, 1.82) is 0 Å². The summed E-state index contributed by atoms with van der Waals surface area (Å²) in [6, 6.07) is 12.8. The molecular weight excluding hydrogens is 368 g/mol. The highest BCUT2D eigenvalue weighted by Crippen LogP contribution is 2.14. The summed E-state index contributed by atoms with van der Waals surface area (Å²) in [7, 11) is 0. The van der Waals surface area contributed by atoms with Crippen LogP contribution in [0.1, 0.15) is 23.7 Å². The Morgan fingerprint density at radius 2 is 1.33 bits per heavy atom. The van der Waals surface area contributed by atoms with E-state index < -0.39 is 6.03 Å². The molecule has 0 saturated heterocycles. The van der Waals surface area contributed by atoms with Gasteiger partial charge < -0.3 is 21.3 Å². The van der Waals surface area contributed by atoms with Crippen LogP contribution in [0, 0.1) is 0 Å². The Bertz CT molecular complexity index is 792. The van der Waals surface area contributed by atoms with Gasteiger partial charge in [-0.1, -0.05) is 18.5 Å². The predicted molar refractivity (Wildman–Crippen MR) is 106 cm³/mol. The van der Waals surface area contributed by atoms with E-state index >= 15 is 0 Å². The van der Waals surface area contributed by atoms with Gasteiger partial charge in [-0.3, -0.25) is 9.59 Å². The van der Waals surface area contributed by atoms with Crippen molar-refractivity contribution in [1.82, 2.24) is 10.6 Å². The van der Waals surface area contributed by atoms with Gasteiger partial charge in [0.05, 0.1) is 0 Å². The molecule has 0 unspecified atom stereocenters. The summed E-state index contributed by atoms with van der Waals surface area (Å²) in [5, 5.41) is 11.3. The average molecular weight is 389 g/mol. The number of carbonyl (C=O) groups is 3. The minimum atomic E-state index is -0.402. The lowest BCUT2D eigenvalue weighted by Gasteiger charge is -2.09. The molecule has 27 heavy (non-hydrogen) atoms. The maximum absolute atomic E-state index is 12.0. The summed E-state index contributed by atoms with van der Waals surface area (Å²) in [4.78, 5) is 35.1. The molecule has 2 rings (SSSR count). The highest BCUT2D eigenvalue weighted by atomic mass is 35.5. The summed E-state index contributed by atoms with van der Waals surface area (Å²) in [6.45, 7) is 2.48. The lowest BCUT2D eigenvalue weighted by Crippen LogP contribution is -2.34. The number of nitrogens with one attached hydrogen (secondary N) is 4. The molecule has 2 aromatic carbocycles. The predicted octanol–water partition coefficient (Wildman–Crippen LogP) is 3.24. The van der Waals surface area contributed by atoms with Gasteiger partial charge in [-0.15, -0.1) is 0 Å². The molecule has 2 aromatic rings. The second-order valence-electron chi connectivity index (χ2n) is 5.62. The van der Waals surface area contributed by atoms with Crippen molar-refractivity contribution in [3.63, 3.8) is 0 Å². The molecule has 0 aliphatic carbocycles. The summed E-state index contributed by atoms with van der Waals surface area (Å²) in [5.74, 6) is -0.311. The first-order valence-electron chi connectivity index (χ1n) is 8.46. The Labute approximate surface area is 162 Å². The summed E-state index contributed by atoms with van der Waals surface area (Å²) in [6.07, 6.45) is 0.411. The maximum atomic E-state index is 12.0. The van der Waals surface area contributed by atoms with Gasteiger partial charge in [-0.05, 0) is 48.5 Å². The molecule has 0 radical (unpaired) electrons. The van der Waals surface area contributed by atoms with Crippen LogP contribution in [-0.4, -0.2) is 30.9 Å². The van der Waals surface area contributed by atoms with Crippen LogP contribution >= 0.6 is 11.6 Å². The average Bonchev–Trinajstić information content (AvgIpc) is 2.67. The Kier molecular flexibility index (Phi) is 7.63. The molecule has 0 spiro atoms. The van der Waals surface area contributed by atoms with E-state index in [1.54, 1.807) is 55.5 Å². The monoisotopic (exact) mass is 388 g/mol. The number of hydrogen-bond donors (Lipinski definition) is 4. The van der Waals surface area contributed by atoms with Crippen LogP contribution in [0.5, 0.6) is 0 Å². The van der Waals surface area contributed by atoms with Crippen LogP contribution in [0.4, 0.5) is 16.2 Å². The van der Waals surface area contributed by atoms with E-state index in [9.17, 15) is 14.4 Å². The normalized spacial score (nSPS) is 10.0. The summed E-state index contributed by atoms with van der Waals surface area (Å²) >= 11 is 5.80. The maximum Gasteiger partial charge on any atom is 0.323 e. The summed E-state index contributed by atoms with van der Waals surface area (Å²) in [5.41, 5.74) is 1.62. The quantitative estimate of drug-likeness (QED) is 0.548. The van der Waals surface area contributed by atoms with Crippen LogP contribution in [0.15, 0.2) is 48.5 Å². The fourth-order valence-corrected chi connectivity index (χ4v) is 2.26. The van der Waals surface area contributed by atoms with Crippen molar-refractivity contribution in [3.8, 4) is 0 Å². The lowest BCUT2D eigenvalue weighted by molar-refractivity contribution is -0.120. The van der Waals surface area contributed by atoms with E-state index in [1.807, 2.05) is 0 Å². The topological polar surface area (TPSA) is 99.3 Å². The fourth-order valence-electron chi connectivity index (χ4n) is 2.14. The van der Waals surface area contributed by atoms with Crippen LogP contribution in [0.25, 0.3) is 0 Å². The minimum Gasteiger partial charge on any atom is -0.354 e. The molecule has 0 aromatic heterocycles. The van der Waals surface area contributed by atoms with E-state index in [0.29, 0.717) is 41.5 Å². The van der Waals surface area contributed by atoms with E-state index in [0.717, 1.165) is 0 Å². The van der Waals surface area contributed by atoms with E-state index in [1.165, 1.54) is 0 Å². The Hall–Kier alpha value is -3.06. The van der Waals surface area contributed by atoms with Gasteiger partial charge in [0.1, 0.15) is 0 Å². The number of urea groups is 1. The number of rotatable bonds is 7. The van der Waals surface area contributed by atoms with Crippen LogP contribution in [0.3, 0.4) is 0 Å². The first-order valence-corrected chi connectivity index (χ1v) is 8.84. The van der Waals surface area contributed by atoms with Crippen molar-refractivity contribution in [3.05, 3.63) is 59.1 Å². The van der Waals surface area contributed by atoms with Gasteiger partial charge in [0.2, 0.25) is 5.91 Å². The number of carbonyl (C=O) groups excluding carboxylic acids is 3. The second kappa shape index (κ2) is 10.2. The zero-order valence-corrected chi connectivity index (χ0v) is 15.6. The number of amides is 4.